The van der Waals surface area contributed by atoms with Gasteiger partial charge in [-0.15, -0.1) is 0 Å². The van der Waals surface area contributed by atoms with Crippen LogP contribution in [0.1, 0.15) is 27.2 Å². The molecule has 3 aromatic rings. The smallest absolute Gasteiger partial charge is 0.354 e. The predicted molar refractivity (Wildman–Crippen MR) is 103 cm³/mol. The first-order chi connectivity index (χ1) is 13.5. The number of benzene rings is 2. The lowest BCUT2D eigenvalue weighted by Crippen LogP contribution is -2.07. The van der Waals surface area contributed by atoms with Gasteiger partial charge in [0.15, 0.2) is 5.69 Å². The van der Waals surface area contributed by atoms with E-state index < -0.39 is 10.9 Å². The molecule has 7 heteroatoms. The first kappa shape index (κ1) is 19.0. The van der Waals surface area contributed by atoms with E-state index in [-0.39, 0.29) is 23.5 Å². The van der Waals surface area contributed by atoms with E-state index in [1.54, 1.807) is 13.0 Å². The van der Waals surface area contributed by atoms with Gasteiger partial charge in [0.05, 0.1) is 11.5 Å². The number of hydrogen-bond acceptors (Lipinski definition) is 5. The quantitative estimate of drug-likeness (QED) is 0.315. The van der Waals surface area contributed by atoms with E-state index in [1.807, 2.05) is 30.3 Å². The number of nitrogens with zero attached hydrogens (tertiary/aromatic N) is 2. The SMILES string of the molecule is Cc1c(C(=O)O)nc2c([N+](=O)[O-])cccc2c1C#CCOCc1ccccc1. The van der Waals surface area contributed by atoms with Crippen LogP contribution in [0.15, 0.2) is 48.5 Å². The fraction of sp³-hybridized carbons (Fsp3) is 0.143. The maximum Gasteiger partial charge on any atom is 0.354 e. The zero-order valence-electron chi connectivity index (χ0n) is 15.0. The molecule has 0 atom stereocenters. The van der Waals surface area contributed by atoms with Crippen LogP contribution in [-0.2, 0) is 11.3 Å². The van der Waals surface area contributed by atoms with E-state index in [9.17, 15) is 20.0 Å². The van der Waals surface area contributed by atoms with Crippen LogP contribution in [0, 0.1) is 28.9 Å². The Bertz CT molecular complexity index is 1110. The lowest BCUT2D eigenvalue weighted by atomic mass is 10.0. The summed E-state index contributed by atoms with van der Waals surface area (Å²) in [7, 11) is 0. The molecule has 1 heterocycles. The maximum atomic E-state index is 11.5. The molecule has 0 spiro atoms. The minimum atomic E-state index is -1.26. The molecule has 0 radical (unpaired) electrons. The number of non-ortho nitro benzene ring substituents is 1. The number of para-hydroxylation sites is 1. The van der Waals surface area contributed by atoms with Gasteiger partial charge < -0.3 is 9.84 Å². The molecule has 0 aliphatic carbocycles. The Balaban J connectivity index is 1.96. The van der Waals surface area contributed by atoms with Gasteiger partial charge >= 0.3 is 5.97 Å². The highest BCUT2D eigenvalue weighted by Gasteiger charge is 2.21. The summed E-state index contributed by atoms with van der Waals surface area (Å²) in [5.74, 6) is 4.50. The summed E-state index contributed by atoms with van der Waals surface area (Å²) in [6.07, 6.45) is 0. The minimum Gasteiger partial charge on any atom is -0.477 e. The van der Waals surface area contributed by atoms with Crippen molar-refractivity contribution in [3.63, 3.8) is 0 Å². The van der Waals surface area contributed by atoms with Gasteiger partial charge in [-0.05, 0) is 18.1 Å². The number of carbonyl (C=O) groups is 1. The number of ether oxygens (including phenoxy) is 1. The first-order valence-electron chi connectivity index (χ1n) is 8.40. The summed E-state index contributed by atoms with van der Waals surface area (Å²) in [5, 5.41) is 21.1. The molecule has 140 valence electrons. The molecule has 3 rings (SSSR count). The average molecular weight is 376 g/mol. The highest BCUT2D eigenvalue weighted by atomic mass is 16.6. The number of pyridine rings is 1. The van der Waals surface area contributed by atoms with Crippen LogP contribution in [0.4, 0.5) is 5.69 Å². The molecule has 0 aliphatic heterocycles. The van der Waals surface area contributed by atoms with E-state index in [2.05, 4.69) is 16.8 Å². The van der Waals surface area contributed by atoms with Gasteiger partial charge in [-0.1, -0.05) is 54.3 Å². The first-order valence-corrected chi connectivity index (χ1v) is 8.40. The second kappa shape index (κ2) is 8.29. The second-order valence-corrected chi connectivity index (χ2v) is 5.98. The van der Waals surface area contributed by atoms with Crippen molar-refractivity contribution in [2.75, 3.05) is 6.61 Å². The molecule has 0 saturated carbocycles. The molecule has 0 unspecified atom stereocenters. The van der Waals surface area contributed by atoms with Gasteiger partial charge in [0.2, 0.25) is 0 Å². The fourth-order valence-electron chi connectivity index (χ4n) is 2.80. The van der Waals surface area contributed by atoms with Gasteiger partial charge in [0, 0.05) is 17.0 Å². The monoisotopic (exact) mass is 376 g/mol. The van der Waals surface area contributed by atoms with Crippen LogP contribution >= 0.6 is 0 Å². The minimum absolute atomic E-state index is 0.00463. The van der Waals surface area contributed by atoms with Crippen LogP contribution in [0.2, 0.25) is 0 Å². The van der Waals surface area contributed by atoms with Crippen LogP contribution in [0.25, 0.3) is 10.9 Å². The predicted octanol–water partition coefficient (Wildman–Crippen LogP) is 3.72. The largest absolute Gasteiger partial charge is 0.477 e. The van der Waals surface area contributed by atoms with Gasteiger partial charge in [-0.2, -0.15) is 0 Å². The number of hydrogen-bond donors (Lipinski definition) is 1. The van der Waals surface area contributed by atoms with E-state index in [1.165, 1.54) is 12.1 Å². The summed E-state index contributed by atoms with van der Waals surface area (Å²) in [4.78, 5) is 26.2. The summed E-state index contributed by atoms with van der Waals surface area (Å²) >= 11 is 0. The highest BCUT2D eigenvalue weighted by Crippen LogP contribution is 2.29. The number of carboxylic acid groups (broad SMARTS) is 1. The number of fused-ring (bicyclic) bond motifs is 1. The molecule has 2 aromatic carbocycles. The summed E-state index contributed by atoms with van der Waals surface area (Å²) < 4.78 is 5.52. The number of nitro benzene ring substituents is 1. The fourth-order valence-corrected chi connectivity index (χ4v) is 2.80. The highest BCUT2D eigenvalue weighted by molar-refractivity contribution is 5.98. The number of aromatic nitrogens is 1. The van der Waals surface area contributed by atoms with Crippen molar-refractivity contribution in [1.29, 1.82) is 0 Å². The maximum absolute atomic E-state index is 11.5. The van der Waals surface area contributed by atoms with Crippen molar-refractivity contribution in [3.05, 3.63) is 81.0 Å². The van der Waals surface area contributed by atoms with Gasteiger partial charge in [0.1, 0.15) is 12.1 Å². The van der Waals surface area contributed by atoms with Crippen LogP contribution in [0.5, 0.6) is 0 Å². The van der Waals surface area contributed by atoms with Gasteiger partial charge in [-0.25, -0.2) is 9.78 Å². The molecule has 28 heavy (non-hydrogen) atoms. The molecule has 1 N–H and O–H groups in total. The summed E-state index contributed by atoms with van der Waals surface area (Å²) in [6, 6.07) is 14.1. The normalized spacial score (nSPS) is 10.3. The summed E-state index contributed by atoms with van der Waals surface area (Å²) in [5.41, 5.74) is 1.26. The van der Waals surface area contributed by atoms with Gasteiger partial charge in [0.25, 0.3) is 5.69 Å². The topological polar surface area (TPSA) is 103 Å². The Hall–Kier alpha value is -3.76. The Morgan fingerprint density at radius 3 is 2.64 bits per heavy atom. The third-order valence-corrected chi connectivity index (χ3v) is 4.14. The lowest BCUT2D eigenvalue weighted by molar-refractivity contribution is -0.383. The van der Waals surface area contributed by atoms with Crippen molar-refractivity contribution in [2.45, 2.75) is 13.5 Å². The van der Waals surface area contributed by atoms with Crippen molar-refractivity contribution < 1.29 is 19.6 Å². The molecular weight excluding hydrogens is 360 g/mol. The van der Waals surface area contributed by atoms with Crippen molar-refractivity contribution in [3.8, 4) is 11.8 Å². The third kappa shape index (κ3) is 3.98. The zero-order chi connectivity index (χ0) is 20.1. The number of rotatable bonds is 5. The van der Waals surface area contributed by atoms with Crippen molar-refractivity contribution in [2.24, 2.45) is 0 Å². The van der Waals surface area contributed by atoms with Crippen LogP contribution in [-0.4, -0.2) is 27.6 Å². The van der Waals surface area contributed by atoms with Crippen LogP contribution < -0.4 is 0 Å². The molecule has 1 aromatic heterocycles. The Labute approximate surface area is 160 Å². The zero-order valence-corrected chi connectivity index (χ0v) is 15.0. The molecule has 7 nitrogen and oxygen atoms in total. The van der Waals surface area contributed by atoms with Gasteiger partial charge in [-0.3, -0.25) is 10.1 Å². The average Bonchev–Trinajstić information content (AvgIpc) is 2.68. The number of nitro groups is 1. The van der Waals surface area contributed by atoms with Crippen molar-refractivity contribution >= 4 is 22.6 Å². The van der Waals surface area contributed by atoms with Crippen LogP contribution in [0.3, 0.4) is 0 Å². The molecule has 0 aliphatic rings. The molecule has 0 fully saturated rings. The number of aromatic carboxylic acids is 1. The van der Waals surface area contributed by atoms with E-state index >= 15 is 0 Å². The number of carboxylic acids is 1. The van der Waals surface area contributed by atoms with E-state index in [4.69, 9.17) is 4.74 Å². The Morgan fingerprint density at radius 2 is 1.96 bits per heavy atom. The standard InChI is InChI=1S/C21H16N2O5/c1-14-16(10-6-12-28-13-15-7-3-2-4-8-15)17-9-5-11-18(23(26)27)20(17)22-19(14)21(24)25/h2-5,7-9,11H,12-13H2,1H3,(H,24,25). The summed E-state index contributed by atoms with van der Waals surface area (Å²) in [6.45, 7) is 2.12. The van der Waals surface area contributed by atoms with E-state index in [0.29, 0.717) is 23.1 Å². The van der Waals surface area contributed by atoms with Crippen molar-refractivity contribution in [1.82, 2.24) is 4.98 Å². The second-order valence-electron chi connectivity index (χ2n) is 5.98. The molecule has 0 saturated heterocycles. The molecular formula is C21H16N2O5. The Kier molecular flexibility index (Phi) is 5.63. The lowest BCUT2D eigenvalue weighted by Gasteiger charge is -2.08. The van der Waals surface area contributed by atoms with E-state index in [0.717, 1.165) is 5.56 Å². The molecule has 0 amide bonds. The molecule has 0 bridgehead atoms. The Morgan fingerprint density at radius 1 is 1.21 bits per heavy atom. The third-order valence-electron chi connectivity index (χ3n) is 4.14.